The van der Waals surface area contributed by atoms with Crippen molar-refractivity contribution in [1.29, 1.82) is 0 Å². The molecule has 3 nitrogen and oxygen atoms in total. The van der Waals surface area contributed by atoms with E-state index in [1.165, 1.54) is 75.3 Å². The molecule has 0 unspecified atom stereocenters. The van der Waals surface area contributed by atoms with E-state index in [4.69, 9.17) is 0 Å². The normalized spacial score (nSPS) is 10.6. The molecule has 0 aliphatic heterocycles. The van der Waals surface area contributed by atoms with Gasteiger partial charge >= 0.3 is 0 Å². The van der Waals surface area contributed by atoms with Crippen LogP contribution in [0, 0.1) is 6.92 Å². The zero-order valence-corrected chi connectivity index (χ0v) is 20.8. The van der Waals surface area contributed by atoms with Crippen molar-refractivity contribution in [2.75, 3.05) is 20.6 Å². The molecule has 1 rings (SSSR count). The Hall–Kier alpha value is -1.35. The van der Waals surface area contributed by atoms with Crippen molar-refractivity contribution < 1.29 is 4.79 Å². The predicted octanol–water partition coefficient (Wildman–Crippen LogP) is 7.27. The number of hydrogen-bond acceptors (Lipinski definition) is 2. The maximum absolute atomic E-state index is 11.4. The van der Waals surface area contributed by atoms with Crippen LogP contribution in [0.4, 0.5) is 0 Å². The lowest BCUT2D eigenvalue weighted by atomic mass is 10.1. The topological polar surface area (TPSA) is 32.3 Å². The van der Waals surface area contributed by atoms with Gasteiger partial charge in [-0.2, -0.15) is 0 Å². The van der Waals surface area contributed by atoms with Crippen LogP contribution in [0.25, 0.3) is 0 Å². The monoisotopic (exact) mass is 418 g/mol. The number of aryl methyl sites for hydroxylation is 1. The Bertz CT molecular complexity index is 496. The van der Waals surface area contributed by atoms with Crippen molar-refractivity contribution in [2.24, 2.45) is 0 Å². The number of carbonyl (C=O) groups excluding carboxylic acids is 1. The molecule has 0 radical (unpaired) electrons. The Labute approximate surface area is 188 Å². The highest BCUT2D eigenvalue weighted by Gasteiger charge is 1.99. The quantitative estimate of drug-likeness (QED) is 0.286. The van der Waals surface area contributed by atoms with Crippen molar-refractivity contribution in [1.82, 2.24) is 10.2 Å². The van der Waals surface area contributed by atoms with E-state index < -0.39 is 0 Å². The number of nitrogens with one attached hydrogen (secondary N) is 1. The number of amides is 1. The number of unbranched alkanes of at least 4 members (excludes halogenated alkanes) is 10. The van der Waals surface area contributed by atoms with Crippen LogP contribution < -0.4 is 5.32 Å². The maximum atomic E-state index is 11.4. The van der Waals surface area contributed by atoms with Gasteiger partial charge in [0.05, 0.1) is 0 Å². The lowest BCUT2D eigenvalue weighted by molar-refractivity contribution is -0.121. The number of benzene rings is 1. The Morgan fingerprint density at radius 3 is 1.73 bits per heavy atom. The number of hydrogen-bond donors (Lipinski definition) is 1. The van der Waals surface area contributed by atoms with E-state index >= 15 is 0 Å². The summed E-state index contributed by atoms with van der Waals surface area (Å²) < 4.78 is 0. The van der Waals surface area contributed by atoms with E-state index in [2.05, 4.69) is 69.3 Å². The molecule has 0 fully saturated rings. The molecule has 0 aliphatic carbocycles. The summed E-state index contributed by atoms with van der Waals surface area (Å²) in [7, 11) is 4.17. The second-order valence-corrected chi connectivity index (χ2v) is 8.86. The average molecular weight is 419 g/mol. The number of carbonyl (C=O) groups is 1. The average Bonchev–Trinajstić information content (AvgIpc) is 2.72. The highest BCUT2D eigenvalue weighted by Crippen LogP contribution is 2.11. The third-order valence-electron chi connectivity index (χ3n) is 5.20. The van der Waals surface area contributed by atoms with Crippen LogP contribution in [0.1, 0.15) is 108 Å². The predicted molar refractivity (Wildman–Crippen MR) is 133 cm³/mol. The minimum absolute atomic E-state index is 0.234. The molecule has 0 atom stereocenters. The van der Waals surface area contributed by atoms with Crippen LogP contribution in [0.5, 0.6) is 0 Å². The first-order valence-corrected chi connectivity index (χ1v) is 12.5. The van der Waals surface area contributed by atoms with Crippen LogP contribution in [0.15, 0.2) is 24.3 Å². The molecule has 1 N–H and O–H groups in total. The maximum Gasteiger partial charge on any atom is 0.219 e. The summed E-state index contributed by atoms with van der Waals surface area (Å²) in [6.45, 7) is 8.32. The Morgan fingerprint density at radius 1 is 0.767 bits per heavy atom. The molecule has 1 aromatic rings. The SMILES string of the molecule is CCCCCCCCCCCCCC(=O)NCCC.Cc1ccc(CN(C)C)cc1. The van der Waals surface area contributed by atoms with E-state index in [0.717, 1.165) is 32.4 Å². The van der Waals surface area contributed by atoms with Crippen molar-refractivity contribution in [3.63, 3.8) is 0 Å². The van der Waals surface area contributed by atoms with Gasteiger partial charge in [-0.1, -0.05) is 108 Å². The summed E-state index contributed by atoms with van der Waals surface area (Å²) in [5, 5.41) is 2.93. The van der Waals surface area contributed by atoms with E-state index in [1.54, 1.807) is 0 Å². The van der Waals surface area contributed by atoms with Gasteiger partial charge in [0, 0.05) is 19.5 Å². The standard InChI is InChI=1S/C17H35NO.C10H15N/c1-3-5-6-7-8-9-10-11-12-13-14-15-17(19)18-16-4-2;1-9-4-6-10(7-5-9)8-11(2)3/h3-16H2,1-2H3,(H,18,19);4-7H,8H2,1-3H3. The van der Waals surface area contributed by atoms with E-state index in [0.29, 0.717) is 0 Å². The van der Waals surface area contributed by atoms with E-state index in [-0.39, 0.29) is 5.91 Å². The molecular weight excluding hydrogens is 368 g/mol. The molecule has 0 saturated heterocycles. The zero-order valence-electron chi connectivity index (χ0n) is 20.8. The summed E-state index contributed by atoms with van der Waals surface area (Å²) in [4.78, 5) is 13.5. The van der Waals surface area contributed by atoms with Gasteiger partial charge in [0.2, 0.25) is 5.91 Å². The lowest BCUT2D eigenvalue weighted by Crippen LogP contribution is -2.23. The molecule has 0 aromatic heterocycles. The van der Waals surface area contributed by atoms with Gasteiger partial charge in [0.25, 0.3) is 0 Å². The highest BCUT2D eigenvalue weighted by atomic mass is 16.1. The molecule has 0 bridgehead atoms. The van der Waals surface area contributed by atoms with Crippen LogP contribution in [-0.4, -0.2) is 31.4 Å². The Balaban J connectivity index is 0.000000642. The molecule has 0 spiro atoms. The highest BCUT2D eigenvalue weighted by molar-refractivity contribution is 5.75. The van der Waals surface area contributed by atoms with Crippen LogP contribution in [0.2, 0.25) is 0 Å². The van der Waals surface area contributed by atoms with Gasteiger partial charge in [-0.05, 0) is 39.4 Å². The molecule has 3 heteroatoms. The van der Waals surface area contributed by atoms with Gasteiger partial charge in [-0.3, -0.25) is 4.79 Å². The van der Waals surface area contributed by atoms with Crippen LogP contribution in [0.3, 0.4) is 0 Å². The first kappa shape index (κ1) is 28.6. The Morgan fingerprint density at radius 2 is 1.27 bits per heavy atom. The third kappa shape index (κ3) is 19.9. The second kappa shape index (κ2) is 20.9. The first-order chi connectivity index (χ1) is 14.5. The largest absolute Gasteiger partial charge is 0.356 e. The molecule has 1 amide bonds. The summed E-state index contributed by atoms with van der Waals surface area (Å²) in [6, 6.07) is 8.66. The summed E-state index contributed by atoms with van der Waals surface area (Å²) >= 11 is 0. The molecule has 0 aliphatic rings. The van der Waals surface area contributed by atoms with Crippen LogP contribution >= 0.6 is 0 Å². The zero-order chi connectivity index (χ0) is 22.5. The Kier molecular flexibility index (Phi) is 20.0. The minimum Gasteiger partial charge on any atom is -0.356 e. The fourth-order valence-electron chi connectivity index (χ4n) is 3.36. The van der Waals surface area contributed by atoms with Gasteiger partial charge in [0.1, 0.15) is 0 Å². The number of rotatable bonds is 16. The lowest BCUT2D eigenvalue weighted by Gasteiger charge is -2.08. The van der Waals surface area contributed by atoms with Crippen LogP contribution in [-0.2, 0) is 11.3 Å². The minimum atomic E-state index is 0.234. The van der Waals surface area contributed by atoms with Gasteiger partial charge in [0.15, 0.2) is 0 Å². The van der Waals surface area contributed by atoms with Crippen molar-refractivity contribution in [3.05, 3.63) is 35.4 Å². The molecule has 0 heterocycles. The van der Waals surface area contributed by atoms with E-state index in [1.807, 2.05) is 0 Å². The summed E-state index contributed by atoms with van der Waals surface area (Å²) in [6.07, 6.45) is 16.5. The molecule has 174 valence electrons. The summed E-state index contributed by atoms with van der Waals surface area (Å²) in [5.74, 6) is 0.234. The summed E-state index contributed by atoms with van der Waals surface area (Å²) in [5.41, 5.74) is 2.70. The van der Waals surface area contributed by atoms with Gasteiger partial charge in [-0.15, -0.1) is 0 Å². The van der Waals surface area contributed by atoms with Gasteiger partial charge < -0.3 is 10.2 Å². The second-order valence-electron chi connectivity index (χ2n) is 8.86. The van der Waals surface area contributed by atoms with Crippen molar-refractivity contribution in [3.8, 4) is 0 Å². The third-order valence-corrected chi connectivity index (χ3v) is 5.20. The molecular formula is C27H50N2O. The van der Waals surface area contributed by atoms with Gasteiger partial charge in [-0.25, -0.2) is 0 Å². The smallest absolute Gasteiger partial charge is 0.219 e. The van der Waals surface area contributed by atoms with E-state index in [9.17, 15) is 4.79 Å². The fourth-order valence-corrected chi connectivity index (χ4v) is 3.36. The van der Waals surface area contributed by atoms with Crippen molar-refractivity contribution >= 4 is 5.91 Å². The molecule has 1 aromatic carbocycles. The van der Waals surface area contributed by atoms with Crippen molar-refractivity contribution in [2.45, 2.75) is 111 Å². The number of nitrogens with zero attached hydrogens (tertiary/aromatic N) is 1. The molecule has 30 heavy (non-hydrogen) atoms. The molecule has 0 saturated carbocycles. The fraction of sp³-hybridized carbons (Fsp3) is 0.741. The first-order valence-electron chi connectivity index (χ1n) is 12.5.